The van der Waals surface area contributed by atoms with Gasteiger partial charge in [-0.1, -0.05) is 6.07 Å². The van der Waals surface area contributed by atoms with Crippen LogP contribution < -0.4 is 9.47 Å². The quantitative estimate of drug-likeness (QED) is 0.843. The second-order valence-corrected chi connectivity index (χ2v) is 5.67. The van der Waals surface area contributed by atoms with E-state index in [1.165, 1.54) is 4.88 Å². The largest absolute Gasteiger partial charge is 0.497 e. The van der Waals surface area contributed by atoms with Gasteiger partial charge < -0.3 is 14.6 Å². The van der Waals surface area contributed by atoms with Crippen molar-refractivity contribution in [2.75, 3.05) is 14.2 Å². The molecule has 2 rings (SSSR count). The van der Waals surface area contributed by atoms with E-state index in [2.05, 4.69) is 17.5 Å². The van der Waals surface area contributed by atoms with Crippen molar-refractivity contribution in [2.24, 2.45) is 0 Å². The molecule has 0 saturated heterocycles. The van der Waals surface area contributed by atoms with Crippen molar-refractivity contribution in [1.82, 2.24) is 0 Å². The number of methoxy groups -OCH3 is 2. The minimum absolute atomic E-state index is 0.487. The third kappa shape index (κ3) is 3.99. The fourth-order valence-electron chi connectivity index (χ4n) is 2.11. The molecule has 2 aromatic rings. The van der Waals surface area contributed by atoms with E-state index in [1.54, 1.807) is 25.6 Å². The number of ether oxygens (including phenoxy) is 2. The molecule has 20 heavy (non-hydrogen) atoms. The average Bonchev–Trinajstić information content (AvgIpc) is 2.99. The molecule has 1 unspecified atom stereocenters. The van der Waals surface area contributed by atoms with E-state index in [9.17, 15) is 5.11 Å². The zero-order valence-corrected chi connectivity index (χ0v) is 12.7. The van der Waals surface area contributed by atoms with E-state index in [0.717, 1.165) is 24.8 Å². The highest BCUT2D eigenvalue weighted by atomic mass is 32.1. The lowest BCUT2D eigenvalue weighted by molar-refractivity contribution is 0.164. The predicted octanol–water partition coefficient (Wildman–Crippen LogP) is 3.82. The first-order valence-corrected chi connectivity index (χ1v) is 7.54. The first kappa shape index (κ1) is 14.9. The van der Waals surface area contributed by atoms with E-state index in [0.29, 0.717) is 11.5 Å². The highest BCUT2D eigenvalue weighted by molar-refractivity contribution is 7.09. The molecule has 0 bridgehead atoms. The Bertz CT molecular complexity index is 500. The van der Waals surface area contributed by atoms with Crippen LogP contribution in [0.25, 0.3) is 0 Å². The molecule has 0 saturated carbocycles. The summed E-state index contributed by atoms with van der Waals surface area (Å²) in [6.07, 6.45) is 2.21. The van der Waals surface area contributed by atoms with Gasteiger partial charge in [0.15, 0.2) is 0 Å². The van der Waals surface area contributed by atoms with E-state index in [-0.39, 0.29) is 0 Å². The Labute approximate surface area is 123 Å². The molecule has 1 heterocycles. The summed E-state index contributed by atoms with van der Waals surface area (Å²) in [6, 6.07) is 9.72. The van der Waals surface area contributed by atoms with Crippen LogP contribution in [0.3, 0.4) is 0 Å². The highest BCUT2D eigenvalue weighted by Gasteiger charge is 2.11. The third-order valence-electron chi connectivity index (χ3n) is 3.24. The van der Waals surface area contributed by atoms with Crippen molar-refractivity contribution in [3.8, 4) is 11.5 Å². The fraction of sp³-hybridized carbons (Fsp3) is 0.375. The standard InChI is InChI=1S/C16H20O3S/c1-18-13-9-12(10-14(11-13)19-2)16(17)7-3-5-15-6-4-8-20-15/h4,6,8-11,16-17H,3,5,7H2,1-2H3. The minimum Gasteiger partial charge on any atom is -0.497 e. The zero-order valence-electron chi connectivity index (χ0n) is 11.8. The molecule has 1 N–H and O–H groups in total. The molecule has 0 aliphatic heterocycles. The zero-order chi connectivity index (χ0) is 14.4. The summed E-state index contributed by atoms with van der Waals surface area (Å²) in [7, 11) is 3.23. The van der Waals surface area contributed by atoms with E-state index in [1.807, 2.05) is 18.2 Å². The van der Waals surface area contributed by atoms with Crippen molar-refractivity contribution in [2.45, 2.75) is 25.4 Å². The number of benzene rings is 1. The maximum Gasteiger partial charge on any atom is 0.122 e. The van der Waals surface area contributed by atoms with Crippen LogP contribution >= 0.6 is 11.3 Å². The van der Waals surface area contributed by atoms with Crippen LogP contribution in [0.5, 0.6) is 11.5 Å². The SMILES string of the molecule is COc1cc(OC)cc(C(O)CCCc2cccs2)c1. The van der Waals surface area contributed by atoms with Crippen molar-refractivity contribution in [3.05, 3.63) is 46.2 Å². The number of aliphatic hydroxyl groups is 1. The summed E-state index contributed by atoms with van der Waals surface area (Å²) in [6.45, 7) is 0. The number of rotatable bonds is 7. The van der Waals surface area contributed by atoms with Crippen LogP contribution in [-0.4, -0.2) is 19.3 Å². The van der Waals surface area contributed by atoms with Gasteiger partial charge in [0.2, 0.25) is 0 Å². The molecule has 3 nitrogen and oxygen atoms in total. The minimum atomic E-state index is -0.487. The lowest BCUT2D eigenvalue weighted by Gasteiger charge is -2.13. The Morgan fingerprint density at radius 1 is 1.15 bits per heavy atom. The highest BCUT2D eigenvalue weighted by Crippen LogP contribution is 2.29. The van der Waals surface area contributed by atoms with Crippen LogP contribution in [-0.2, 0) is 6.42 Å². The predicted molar refractivity (Wildman–Crippen MR) is 81.8 cm³/mol. The lowest BCUT2D eigenvalue weighted by Crippen LogP contribution is -2.00. The Hall–Kier alpha value is -1.52. The normalized spacial score (nSPS) is 12.2. The van der Waals surface area contributed by atoms with Crippen LogP contribution in [0.2, 0.25) is 0 Å². The molecule has 1 aromatic heterocycles. The Balaban J connectivity index is 1.95. The first-order chi connectivity index (χ1) is 9.72. The number of aryl methyl sites for hydroxylation is 1. The van der Waals surface area contributed by atoms with Crippen LogP contribution in [0.15, 0.2) is 35.7 Å². The molecule has 0 spiro atoms. The van der Waals surface area contributed by atoms with Crippen LogP contribution in [0, 0.1) is 0 Å². The second kappa shape index (κ2) is 7.31. The topological polar surface area (TPSA) is 38.7 Å². The number of aliphatic hydroxyl groups excluding tert-OH is 1. The molecule has 0 radical (unpaired) electrons. The number of hydrogen-bond donors (Lipinski definition) is 1. The van der Waals surface area contributed by atoms with E-state index in [4.69, 9.17) is 9.47 Å². The van der Waals surface area contributed by atoms with Crippen LogP contribution in [0.1, 0.15) is 29.4 Å². The molecule has 0 amide bonds. The third-order valence-corrected chi connectivity index (χ3v) is 4.18. The van der Waals surface area contributed by atoms with Crippen molar-refractivity contribution < 1.29 is 14.6 Å². The summed E-state index contributed by atoms with van der Waals surface area (Å²) in [4.78, 5) is 1.36. The van der Waals surface area contributed by atoms with Crippen molar-refractivity contribution in [1.29, 1.82) is 0 Å². The van der Waals surface area contributed by atoms with Gasteiger partial charge in [-0.05, 0) is 48.4 Å². The van der Waals surface area contributed by atoms with Gasteiger partial charge in [-0.25, -0.2) is 0 Å². The van der Waals surface area contributed by atoms with Gasteiger partial charge in [0, 0.05) is 10.9 Å². The summed E-state index contributed by atoms with van der Waals surface area (Å²) < 4.78 is 10.4. The summed E-state index contributed by atoms with van der Waals surface area (Å²) >= 11 is 1.76. The number of thiophene rings is 1. The molecule has 1 aromatic carbocycles. The summed E-state index contributed by atoms with van der Waals surface area (Å²) in [5.74, 6) is 1.41. The molecule has 0 aliphatic carbocycles. The maximum absolute atomic E-state index is 10.3. The fourth-order valence-corrected chi connectivity index (χ4v) is 2.86. The van der Waals surface area contributed by atoms with E-state index < -0.39 is 6.10 Å². The maximum atomic E-state index is 10.3. The average molecular weight is 292 g/mol. The molecular formula is C16H20O3S. The smallest absolute Gasteiger partial charge is 0.122 e. The Morgan fingerprint density at radius 3 is 2.40 bits per heavy atom. The van der Waals surface area contributed by atoms with Gasteiger partial charge in [0.05, 0.1) is 20.3 Å². The Morgan fingerprint density at radius 2 is 1.85 bits per heavy atom. The van der Waals surface area contributed by atoms with Crippen molar-refractivity contribution >= 4 is 11.3 Å². The molecular weight excluding hydrogens is 272 g/mol. The van der Waals surface area contributed by atoms with Gasteiger partial charge >= 0.3 is 0 Å². The lowest BCUT2D eigenvalue weighted by atomic mass is 10.0. The first-order valence-electron chi connectivity index (χ1n) is 6.66. The van der Waals surface area contributed by atoms with Crippen molar-refractivity contribution in [3.63, 3.8) is 0 Å². The molecule has 108 valence electrons. The van der Waals surface area contributed by atoms with Gasteiger partial charge in [0.25, 0.3) is 0 Å². The van der Waals surface area contributed by atoms with Gasteiger partial charge in [-0.3, -0.25) is 0 Å². The van der Waals surface area contributed by atoms with Gasteiger partial charge in [0.1, 0.15) is 11.5 Å². The molecule has 0 aliphatic rings. The van der Waals surface area contributed by atoms with Gasteiger partial charge in [-0.2, -0.15) is 0 Å². The molecule has 1 atom stereocenters. The van der Waals surface area contributed by atoms with E-state index >= 15 is 0 Å². The van der Waals surface area contributed by atoms with Gasteiger partial charge in [-0.15, -0.1) is 11.3 Å². The monoisotopic (exact) mass is 292 g/mol. The Kier molecular flexibility index (Phi) is 5.44. The molecule has 0 fully saturated rings. The number of hydrogen-bond acceptors (Lipinski definition) is 4. The molecule has 4 heteroatoms. The summed E-state index contributed by atoms with van der Waals surface area (Å²) in [5, 5.41) is 12.4. The second-order valence-electron chi connectivity index (χ2n) is 4.63. The summed E-state index contributed by atoms with van der Waals surface area (Å²) in [5.41, 5.74) is 0.840. The van der Waals surface area contributed by atoms with Crippen LogP contribution in [0.4, 0.5) is 0 Å².